The number of nitrogens with one attached hydrogen (secondary N) is 1. The van der Waals surface area contributed by atoms with Crippen molar-refractivity contribution >= 4 is 28.6 Å². The Labute approximate surface area is 145 Å². The van der Waals surface area contributed by atoms with Gasteiger partial charge < -0.3 is 15.4 Å². The van der Waals surface area contributed by atoms with E-state index in [2.05, 4.69) is 25.6 Å². The molecule has 4 rings (SSSR count). The van der Waals surface area contributed by atoms with Crippen LogP contribution in [0.25, 0.3) is 16.2 Å². The molecular formula is C15H11N7O2S. The van der Waals surface area contributed by atoms with Gasteiger partial charge in [0.1, 0.15) is 16.2 Å². The maximum Gasteiger partial charge on any atom is 0.368 e. The van der Waals surface area contributed by atoms with Gasteiger partial charge in [-0.2, -0.15) is 0 Å². The molecule has 4 aromatic rings. The minimum atomic E-state index is -0.520. The zero-order chi connectivity index (χ0) is 17.2. The summed E-state index contributed by atoms with van der Waals surface area (Å²) in [5, 5.41) is 28.2. The lowest BCUT2D eigenvalue weighted by atomic mass is 10.2. The molecule has 0 fully saturated rings. The van der Waals surface area contributed by atoms with E-state index >= 15 is 0 Å². The first kappa shape index (κ1) is 15.1. The molecule has 1 N–H and O–H groups in total. The molecule has 0 aliphatic carbocycles. The van der Waals surface area contributed by atoms with Gasteiger partial charge in [-0.05, 0) is 11.0 Å². The third-order valence-corrected chi connectivity index (χ3v) is 4.41. The maximum absolute atomic E-state index is 11.0. The normalized spacial score (nSPS) is 10.9. The molecule has 124 valence electrons. The lowest BCUT2D eigenvalue weighted by Gasteiger charge is -2.01. The highest BCUT2D eigenvalue weighted by Gasteiger charge is 2.16. The van der Waals surface area contributed by atoms with E-state index in [1.807, 2.05) is 30.3 Å². The number of aromatic nitrogens is 5. The molecule has 3 heterocycles. The third kappa shape index (κ3) is 3.02. The minimum absolute atomic E-state index is 0.180. The molecule has 0 aliphatic heterocycles. The highest BCUT2D eigenvalue weighted by atomic mass is 32.1. The van der Waals surface area contributed by atoms with Gasteiger partial charge in [0.15, 0.2) is 5.82 Å². The van der Waals surface area contributed by atoms with E-state index in [4.69, 9.17) is 0 Å². The molecule has 0 unspecified atom stereocenters. The van der Waals surface area contributed by atoms with E-state index in [0.717, 1.165) is 15.6 Å². The van der Waals surface area contributed by atoms with Gasteiger partial charge >= 0.3 is 5.82 Å². The average Bonchev–Trinajstić information content (AvgIpc) is 3.27. The molecule has 0 saturated heterocycles. The van der Waals surface area contributed by atoms with Crippen LogP contribution in [-0.4, -0.2) is 29.7 Å². The summed E-state index contributed by atoms with van der Waals surface area (Å²) >= 11 is 1.48. The number of benzene rings is 1. The van der Waals surface area contributed by atoms with Crippen LogP contribution in [0.5, 0.6) is 0 Å². The SMILES string of the molecule is O=[N+]([O-])c1cnc2ccc(NCc3nnc(-c4ccccc4)s3)nn12. The van der Waals surface area contributed by atoms with Crippen LogP contribution in [0.1, 0.15) is 5.01 Å². The summed E-state index contributed by atoms with van der Waals surface area (Å²) in [6.07, 6.45) is 1.18. The molecule has 0 aliphatic rings. The Kier molecular flexibility index (Phi) is 3.78. The van der Waals surface area contributed by atoms with Crippen LogP contribution in [0, 0.1) is 10.1 Å². The molecule has 9 nitrogen and oxygen atoms in total. The summed E-state index contributed by atoms with van der Waals surface area (Å²) in [5.74, 6) is 0.311. The lowest BCUT2D eigenvalue weighted by Crippen LogP contribution is -2.05. The standard InChI is InChI=1S/C15H11N7O2S/c23-22(24)14-9-17-12-7-6-11(20-21(12)14)16-8-13-18-19-15(25-13)10-4-2-1-3-5-10/h1-7,9H,8H2,(H,16,20). The molecular weight excluding hydrogens is 342 g/mol. The monoisotopic (exact) mass is 353 g/mol. The number of imidazole rings is 1. The van der Waals surface area contributed by atoms with Crippen LogP contribution >= 0.6 is 11.3 Å². The Morgan fingerprint density at radius 1 is 1.16 bits per heavy atom. The molecule has 0 saturated carbocycles. The highest BCUT2D eigenvalue weighted by molar-refractivity contribution is 7.14. The average molecular weight is 353 g/mol. The summed E-state index contributed by atoms with van der Waals surface area (Å²) in [4.78, 5) is 14.4. The fourth-order valence-electron chi connectivity index (χ4n) is 2.27. The largest absolute Gasteiger partial charge is 0.368 e. The number of rotatable bonds is 5. The Morgan fingerprint density at radius 3 is 2.80 bits per heavy atom. The van der Waals surface area contributed by atoms with E-state index in [0.29, 0.717) is 18.0 Å². The van der Waals surface area contributed by atoms with Gasteiger partial charge in [0, 0.05) is 11.6 Å². The van der Waals surface area contributed by atoms with Crippen LogP contribution in [0.4, 0.5) is 11.6 Å². The number of hydrogen-bond donors (Lipinski definition) is 1. The summed E-state index contributed by atoms with van der Waals surface area (Å²) in [6, 6.07) is 13.2. The van der Waals surface area contributed by atoms with Gasteiger partial charge in [0.25, 0.3) is 0 Å². The molecule has 25 heavy (non-hydrogen) atoms. The first-order chi connectivity index (χ1) is 12.2. The summed E-state index contributed by atoms with van der Waals surface area (Å²) in [6.45, 7) is 0.422. The Morgan fingerprint density at radius 2 is 2.00 bits per heavy atom. The fraction of sp³-hybridized carbons (Fsp3) is 0.0667. The van der Waals surface area contributed by atoms with Crippen LogP contribution in [0.3, 0.4) is 0 Å². The minimum Gasteiger partial charge on any atom is -0.360 e. The van der Waals surface area contributed by atoms with E-state index in [9.17, 15) is 10.1 Å². The summed E-state index contributed by atoms with van der Waals surface area (Å²) < 4.78 is 1.19. The zero-order valence-corrected chi connectivity index (χ0v) is 13.6. The summed E-state index contributed by atoms with van der Waals surface area (Å²) in [5.41, 5.74) is 1.43. The Balaban J connectivity index is 1.52. The number of anilines is 1. The van der Waals surface area contributed by atoms with Crippen LogP contribution in [0.2, 0.25) is 0 Å². The van der Waals surface area contributed by atoms with Crippen molar-refractivity contribution in [3.05, 3.63) is 63.8 Å². The maximum atomic E-state index is 11.0. The molecule has 10 heteroatoms. The van der Waals surface area contributed by atoms with Crippen LogP contribution in [0.15, 0.2) is 48.7 Å². The zero-order valence-electron chi connectivity index (χ0n) is 12.7. The van der Waals surface area contributed by atoms with Gasteiger partial charge in [-0.25, -0.2) is 4.98 Å². The molecule has 0 spiro atoms. The lowest BCUT2D eigenvalue weighted by molar-refractivity contribution is -0.391. The van der Waals surface area contributed by atoms with Crippen molar-refractivity contribution in [1.82, 2.24) is 24.8 Å². The van der Waals surface area contributed by atoms with Gasteiger partial charge in [-0.15, -0.1) is 10.2 Å². The molecule has 0 bridgehead atoms. The quantitative estimate of drug-likeness (QED) is 0.434. The molecule has 3 aromatic heterocycles. The molecule has 1 aromatic carbocycles. The van der Waals surface area contributed by atoms with E-state index in [-0.39, 0.29) is 5.82 Å². The van der Waals surface area contributed by atoms with Crippen molar-refractivity contribution in [2.75, 3.05) is 5.32 Å². The molecule has 0 atom stereocenters. The second-order valence-electron chi connectivity index (χ2n) is 5.08. The van der Waals surface area contributed by atoms with Gasteiger partial charge in [0.2, 0.25) is 5.65 Å². The molecule has 0 amide bonds. The van der Waals surface area contributed by atoms with Crippen molar-refractivity contribution in [1.29, 1.82) is 0 Å². The van der Waals surface area contributed by atoms with Crippen molar-refractivity contribution in [2.45, 2.75) is 6.54 Å². The number of nitrogens with zero attached hydrogens (tertiary/aromatic N) is 6. The third-order valence-electron chi connectivity index (χ3n) is 3.44. The first-order valence-electron chi connectivity index (χ1n) is 7.31. The van der Waals surface area contributed by atoms with Gasteiger partial charge in [-0.1, -0.05) is 51.3 Å². The smallest absolute Gasteiger partial charge is 0.360 e. The topological polar surface area (TPSA) is 111 Å². The number of hydrogen-bond acceptors (Lipinski definition) is 8. The predicted molar refractivity (Wildman–Crippen MR) is 92.3 cm³/mol. The van der Waals surface area contributed by atoms with Gasteiger partial charge in [0.05, 0.1) is 6.54 Å². The van der Waals surface area contributed by atoms with Crippen molar-refractivity contribution in [3.63, 3.8) is 0 Å². The summed E-state index contributed by atoms with van der Waals surface area (Å²) in [7, 11) is 0. The second-order valence-corrected chi connectivity index (χ2v) is 6.14. The van der Waals surface area contributed by atoms with Crippen molar-refractivity contribution in [2.24, 2.45) is 0 Å². The van der Waals surface area contributed by atoms with Crippen molar-refractivity contribution in [3.8, 4) is 10.6 Å². The number of fused-ring (bicyclic) bond motifs is 1. The predicted octanol–water partition coefficient (Wildman–Crippen LogP) is 2.77. The Bertz CT molecular complexity index is 1040. The van der Waals surface area contributed by atoms with E-state index in [1.54, 1.807) is 12.1 Å². The Hall–Kier alpha value is -3.40. The highest BCUT2D eigenvalue weighted by Crippen LogP contribution is 2.23. The molecule has 0 radical (unpaired) electrons. The second kappa shape index (κ2) is 6.24. The van der Waals surface area contributed by atoms with E-state index < -0.39 is 4.92 Å². The fourth-order valence-corrected chi connectivity index (χ4v) is 3.05. The van der Waals surface area contributed by atoms with Crippen LogP contribution in [-0.2, 0) is 6.54 Å². The number of nitro groups is 1. The van der Waals surface area contributed by atoms with Crippen LogP contribution < -0.4 is 5.32 Å². The van der Waals surface area contributed by atoms with Gasteiger partial charge in [-0.3, -0.25) is 0 Å². The van der Waals surface area contributed by atoms with Crippen molar-refractivity contribution < 1.29 is 4.92 Å². The van der Waals surface area contributed by atoms with E-state index in [1.165, 1.54) is 22.0 Å². The first-order valence-corrected chi connectivity index (χ1v) is 8.13.